The molecule has 0 spiro atoms. The van der Waals surface area contributed by atoms with E-state index in [0.29, 0.717) is 19.1 Å². The average molecular weight is 252 g/mol. The summed E-state index contributed by atoms with van der Waals surface area (Å²) in [6.07, 6.45) is 2.79. The quantitative estimate of drug-likeness (QED) is 0.752. The van der Waals surface area contributed by atoms with Gasteiger partial charge in [-0.05, 0) is 19.3 Å². The topological polar surface area (TPSA) is 42.4 Å². The van der Waals surface area contributed by atoms with Gasteiger partial charge in [-0.1, -0.05) is 0 Å². The van der Waals surface area contributed by atoms with E-state index >= 15 is 0 Å². The van der Waals surface area contributed by atoms with Crippen molar-refractivity contribution < 1.29 is 9.53 Å². The molecule has 1 aliphatic heterocycles. The fourth-order valence-electron chi connectivity index (χ4n) is 2.55. The molecule has 1 aliphatic carbocycles. The summed E-state index contributed by atoms with van der Waals surface area (Å²) >= 11 is 1.69. The number of carbonyl (C=O) groups excluding carboxylic acids is 1. The van der Waals surface area contributed by atoms with Gasteiger partial charge in [0.2, 0.25) is 5.91 Å². The molecule has 4 nitrogen and oxygen atoms in total. The van der Waals surface area contributed by atoms with Crippen molar-refractivity contribution in [3.8, 4) is 0 Å². The maximum atomic E-state index is 12.3. The van der Waals surface area contributed by atoms with E-state index in [-0.39, 0.29) is 5.92 Å². The number of amides is 1. The summed E-state index contributed by atoms with van der Waals surface area (Å²) in [6.45, 7) is 2.88. The number of ether oxygens (including phenoxy) is 1. The minimum absolute atomic E-state index is 0.168. The van der Waals surface area contributed by atoms with Gasteiger partial charge in [0.15, 0.2) is 0 Å². The Morgan fingerprint density at radius 3 is 3.12 bits per heavy atom. The second-order valence-corrected chi connectivity index (χ2v) is 5.54. The van der Waals surface area contributed by atoms with Crippen LogP contribution in [0.25, 0.3) is 0 Å². The Morgan fingerprint density at radius 2 is 2.29 bits per heavy atom. The first-order valence-electron chi connectivity index (χ1n) is 6.12. The number of hydrogen-bond acceptors (Lipinski definition) is 4. The molecule has 1 atom stereocenters. The van der Waals surface area contributed by atoms with Crippen LogP contribution in [0.4, 0.5) is 0 Å². The lowest BCUT2D eigenvalue weighted by Crippen LogP contribution is -2.44. The first kappa shape index (κ1) is 11.2. The van der Waals surface area contributed by atoms with Gasteiger partial charge in [0.05, 0.1) is 24.4 Å². The summed E-state index contributed by atoms with van der Waals surface area (Å²) in [6, 6.07) is 0. The van der Waals surface area contributed by atoms with Gasteiger partial charge in [0.1, 0.15) is 0 Å². The Morgan fingerprint density at radius 1 is 1.47 bits per heavy atom. The molecule has 1 saturated heterocycles. The molecule has 1 aromatic heterocycles. The van der Waals surface area contributed by atoms with Crippen LogP contribution in [0.5, 0.6) is 0 Å². The molecule has 0 aromatic carbocycles. The highest BCUT2D eigenvalue weighted by Gasteiger charge is 2.30. The van der Waals surface area contributed by atoms with E-state index in [0.717, 1.165) is 32.4 Å². The molecule has 1 aromatic rings. The van der Waals surface area contributed by atoms with Crippen molar-refractivity contribution in [3.63, 3.8) is 0 Å². The first-order valence-corrected chi connectivity index (χ1v) is 7.00. The smallest absolute Gasteiger partial charge is 0.226 e. The number of thiazole rings is 1. The molecule has 1 fully saturated rings. The van der Waals surface area contributed by atoms with Gasteiger partial charge in [-0.15, -0.1) is 11.3 Å². The van der Waals surface area contributed by atoms with Crippen LogP contribution in [0.2, 0.25) is 0 Å². The van der Waals surface area contributed by atoms with Crippen LogP contribution >= 0.6 is 11.3 Å². The molecule has 5 heteroatoms. The molecule has 2 heterocycles. The van der Waals surface area contributed by atoms with Crippen molar-refractivity contribution in [2.45, 2.75) is 19.3 Å². The van der Waals surface area contributed by atoms with E-state index in [2.05, 4.69) is 4.98 Å². The van der Waals surface area contributed by atoms with Gasteiger partial charge < -0.3 is 9.64 Å². The lowest BCUT2D eigenvalue weighted by molar-refractivity contribution is -0.140. The van der Waals surface area contributed by atoms with Crippen LogP contribution in [0.3, 0.4) is 0 Å². The highest BCUT2D eigenvalue weighted by atomic mass is 32.1. The number of fused-ring (bicyclic) bond motifs is 1. The van der Waals surface area contributed by atoms with Crippen LogP contribution < -0.4 is 0 Å². The monoisotopic (exact) mass is 252 g/mol. The summed E-state index contributed by atoms with van der Waals surface area (Å²) in [5.74, 6) is 0.480. The Bertz CT molecular complexity index is 412. The molecule has 0 radical (unpaired) electrons. The van der Waals surface area contributed by atoms with Gasteiger partial charge in [0.25, 0.3) is 0 Å². The maximum Gasteiger partial charge on any atom is 0.226 e. The zero-order valence-corrected chi connectivity index (χ0v) is 10.5. The van der Waals surface area contributed by atoms with E-state index in [1.54, 1.807) is 11.3 Å². The highest BCUT2D eigenvalue weighted by molar-refractivity contribution is 7.09. The zero-order valence-electron chi connectivity index (χ0n) is 9.72. The molecule has 2 aliphatic rings. The number of aryl methyl sites for hydroxylation is 1. The molecule has 0 bridgehead atoms. The molecule has 0 N–H and O–H groups in total. The number of nitrogens with zero attached hydrogens (tertiary/aromatic N) is 2. The van der Waals surface area contributed by atoms with Crippen LogP contribution in [0.15, 0.2) is 5.51 Å². The minimum atomic E-state index is 0.168. The fourth-order valence-corrected chi connectivity index (χ4v) is 3.45. The zero-order chi connectivity index (χ0) is 11.7. The average Bonchev–Trinajstić information content (AvgIpc) is 2.86. The third-order valence-electron chi connectivity index (χ3n) is 3.56. The van der Waals surface area contributed by atoms with Crippen molar-refractivity contribution >= 4 is 17.2 Å². The fraction of sp³-hybridized carbons (Fsp3) is 0.667. The maximum absolute atomic E-state index is 12.3. The normalized spacial score (nSPS) is 24.5. The van der Waals surface area contributed by atoms with E-state index < -0.39 is 0 Å². The van der Waals surface area contributed by atoms with Crippen molar-refractivity contribution in [2.24, 2.45) is 5.92 Å². The van der Waals surface area contributed by atoms with Gasteiger partial charge in [0, 0.05) is 23.9 Å². The van der Waals surface area contributed by atoms with Crippen LogP contribution in [-0.2, 0) is 22.4 Å². The SMILES string of the molecule is O=C(C1CCc2ncsc2C1)N1CCOCC1. The Hall–Kier alpha value is -0.940. The molecule has 92 valence electrons. The number of carbonyl (C=O) groups is 1. The van der Waals surface area contributed by atoms with Gasteiger partial charge in [-0.25, -0.2) is 4.98 Å². The van der Waals surface area contributed by atoms with Crippen LogP contribution in [-0.4, -0.2) is 42.1 Å². The molecule has 17 heavy (non-hydrogen) atoms. The Balaban J connectivity index is 1.67. The van der Waals surface area contributed by atoms with Crippen molar-refractivity contribution in [2.75, 3.05) is 26.3 Å². The number of morpholine rings is 1. The Kier molecular flexibility index (Phi) is 3.11. The van der Waals surface area contributed by atoms with Gasteiger partial charge in [-0.2, -0.15) is 0 Å². The van der Waals surface area contributed by atoms with E-state index in [4.69, 9.17) is 4.74 Å². The summed E-state index contributed by atoms with van der Waals surface area (Å²) in [5.41, 5.74) is 3.10. The van der Waals surface area contributed by atoms with E-state index in [9.17, 15) is 4.79 Å². The molecular weight excluding hydrogens is 236 g/mol. The van der Waals surface area contributed by atoms with Gasteiger partial charge in [-0.3, -0.25) is 4.79 Å². The van der Waals surface area contributed by atoms with Crippen molar-refractivity contribution in [1.29, 1.82) is 0 Å². The molecule has 3 rings (SSSR count). The molecule has 1 amide bonds. The van der Waals surface area contributed by atoms with Gasteiger partial charge >= 0.3 is 0 Å². The highest BCUT2D eigenvalue weighted by Crippen LogP contribution is 2.28. The summed E-state index contributed by atoms with van der Waals surface area (Å²) in [5, 5.41) is 0. The molecule has 0 saturated carbocycles. The molecular formula is C12H16N2O2S. The number of rotatable bonds is 1. The van der Waals surface area contributed by atoms with E-state index in [1.165, 1.54) is 10.6 Å². The lowest BCUT2D eigenvalue weighted by Gasteiger charge is -2.31. The number of aromatic nitrogens is 1. The first-order chi connectivity index (χ1) is 8.34. The summed E-state index contributed by atoms with van der Waals surface area (Å²) in [4.78, 5) is 19.9. The van der Waals surface area contributed by atoms with Crippen molar-refractivity contribution in [3.05, 3.63) is 16.1 Å². The van der Waals surface area contributed by atoms with Crippen molar-refractivity contribution in [1.82, 2.24) is 9.88 Å². The Labute approximate surface area is 105 Å². The molecule has 1 unspecified atom stereocenters. The second-order valence-electron chi connectivity index (χ2n) is 4.60. The predicted molar refractivity (Wildman–Crippen MR) is 65.0 cm³/mol. The largest absolute Gasteiger partial charge is 0.378 e. The third kappa shape index (κ3) is 2.21. The van der Waals surface area contributed by atoms with Crippen LogP contribution in [0, 0.1) is 5.92 Å². The summed E-state index contributed by atoms with van der Waals surface area (Å²) < 4.78 is 5.28. The second kappa shape index (κ2) is 4.74. The predicted octanol–water partition coefficient (Wildman–Crippen LogP) is 1.11. The minimum Gasteiger partial charge on any atom is -0.378 e. The summed E-state index contributed by atoms with van der Waals surface area (Å²) in [7, 11) is 0. The standard InChI is InChI=1S/C12H16N2O2S/c15-12(14-3-5-16-6-4-14)9-1-2-10-11(7-9)17-8-13-10/h8-9H,1-7H2. The third-order valence-corrected chi connectivity index (χ3v) is 4.46. The van der Waals surface area contributed by atoms with E-state index in [1.807, 2.05) is 10.4 Å². The lowest BCUT2D eigenvalue weighted by atomic mass is 9.90. The number of hydrogen-bond donors (Lipinski definition) is 0. The van der Waals surface area contributed by atoms with Crippen LogP contribution in [0.1, 0.15) is 17.0 Å².